The third-order valence-corrected chi connectivity index (χ3v) is 7.32. The Kier molecular flexibility index (Phi) is 20.3. The molecule has 0 fully saturated rings. The van der Waals surface area contributed by atoms with E-state index in [1.807, 2.05) is 0 Å². The van der Waals surface area contributed by atoms with Crippen LogP contribution in [0.4, 0.5) is 0 Å². The molecule has 0 aromatic heterocycles. The number of hydrogen-bond donors (Lipinski definition) is 0. The molecule has 1 atom stereocenters. The quantitative estimate of drug-likeness (QED) is 0.135. The molecule has 0 amide bonds. The van der Waals surface area contributed by atoms with Crippen molar-refractivity contribution in [3.63, 3.8) is 0 Å². The van der Waals surface area contributed by atoms with Crippen LogP contribution in [-0.4, -0.2) is 29.1 Å². The molecule has 1 rings (SSSR count). The minimum atomic E-state index is 0.644. The first-order valence-corrected chi connectivity index (χ1v) is 15.0. The molecule has 0 N–H and O–H groups in total. The largest absolute Gasteiger partial charge is 0.356 e. The van der Waals surface area contributed by atoms with E-state index in [0.29, 0.717) is 6.17 Å². The molecule has 0 radical (unpaired) electrons. The van der Waals surface area contributed by atoms with Gasteiger partial charge in [-0.1, -0.05) is 136 Å². The zero-order valence-electron chi connectivity index (χ0n) is 22.6. The smallest absolute Gasteiger partial charge is 0.101 e. The predicted molar refractivity (Wildman–Crippen MR) is 145 cm³/mol. The highest BCUT2D eigenvalue weighted by Gasteiger charge is 2.24. The van der Waals surface area contributed by atoms with Crippen molar-refractivity contribution in [3.8, 4) is 0 Å². The zero-order valence-corrected chi connectivity index (χ0v) is 22.6. The van der Waals surface area contributed by atoms with Crippen molar-refractivity contribution >= 4 is 0 Å². The third kappa shape index (κ3) is 15.2. The summed E-state index contributed by atoms with van der Waals surface area (Å²) in [5.74, 6) is 0. The van der Waals surface area contributed by atoms with Crippen molar-refractivity contribution in [3.05, 3.63) is 12.4 Å². The van der Waals surface area contributed by atoms with Crippen LogP contribution in [-0.2, 0) is 0 Å². The lowest BCUT2D eigenvalue weighted by atomic mass is 10.1. The Hall–Kier alpha value is -0.660. The molecule has 0 saturated heterocycles. The normalized spacial score (nSPS) is 15.9. The minimum Gasteiger partial charge on any atom is -0.356 e. The van der Waals surface area contributed by atoms with Crippen LogP contribution >= 0.6 is 0 Å². The van der Waals surface area contributed by atoms with E-state index >= 15 is 0 Å². The van der Waals surface area contributed by atoms with Crippen molar-refractivity contribution in [2.45, 2.75) is 168 Å². The number of rotatable bonds is 24. The van der Waals surface area contributed by atoms with Gasteiger partial charge in [-0.25, -0.2) is 0 Å². The molecule has 2 nitrogen and oxygen atoms in total. The number of nitrogens with zero attached hydrogens (tertiary/aromatic N) is 2. The highest BCUT2D eigenvalue weighted by Crippen LogP contribution is 2.24. The average molecular weight is 449 g/mol. The molecule has 0 aromatic rings. The van der Waals surface area contributed by atoms with Crippen LogP contribution in [0.15, 0.2) is 12.4 Å². The van der Waals surface area contributed by atoms with Crippen molar-refractivity contribution in [1.82, 2.24) is 9.80 Å². The summed E-state index contributed by atoms with van der Waals surface area (Å²) >= 11 is 0. The maximum Gasteiger partial charge on any atom is 0.101 e. The van der Waals surface area contributed by atoms with E-state index in [2.05, 4.69) is 43.0 Å². The summed E-state index contributed by atoms with van der Waals surface area (Å²) in [5.41, 5.74) is 0. The van der Waals surface area contributed by atoms with Crippen LogP contribution < -0.4 is 0 Å². The van der Waals surface area contributed by atoms with E-state index in [-0.39, 0.29) is 0 Å². The first-order valence-electron chi connectivity index (χ1n) is 15.0. The molecule has 32 heavy (non-hydrogen) atoms. The van der Waals surface area contributed by atoms with Gasteiger partial charge in [0.15, 0.2) is 0 Å². The fourth-order valence-corrected chi connectivity index (χ4v) is 5.13. The van der Waals surface area contributed by atoms with Crippen LogP contribution in [0.1, 0.15) is 162 Å². The monoisotopic (exact) mass is 448 g/mol. The molecule has 0 bridgehead atoms. The second-order valence-corrected chi connectivity index (χ2v) is 10.4. The predicted octanol–water partition coefficient (Wildman–Crippen LogP) is 10.0. The lowest BCUT2D eigenvalue weighted by Gasteiger charge is -2.33. The molecular weight excluding hydrogens is 388 g/mol. The van der Waals surface area contributed by atoms with E-state index in [1.165, 1.54) is 154 Å². The van der Waals surface area contributed by atoms with Gasteiger partial charge in [0.1, 0.15) is 6.17 Å². The van der Waals surface area contributed by atoms with Gasteiger partial charge in [-0.05, 0) is 25.7 Å². The molecule has 0 aliphatic carbocycles. The molecule has 0 aromatic carbocycles. The molecule has 2 heteroatoms. The maximum absolute atomic E-state index is 2.68. The maximum atomic E-state index is 2.68. The van der Waals surface area contributed by atoms with Crippen LogP contribution in [0.3, 0.4) is 0 Å². The molecule has 1 unspecified atom stereocenters. The van der Waals surface area contributed by atoms with Crippen LogP contribution in [0.25, 0.3) is 0 Å². The standard InChI is InChI=1S/C30H60N2/c1-4-7-10-13-16-17-19-22-25-30-31(26-23-20-15-12-9-6-3)28-29-32(30)27-24-21-18-14-11-8-5-2/h28-30H,4-27H2,1-3H3. The Morgan fingerprint density at radius 1 is 0.406 bits per heavy atom. The highest BCUT2D eigenvalue weighted by atomic mass is 15.4. The van der Waals surface area contributed by atoms with Crippen LogP contribution in [0.2, 0.25) is 0 Å². The summed E-state index contributed by atoms with van der Waals surface area (Å²) in [6.45, 7) is 9.45. The van der Waals surface area contributed by atoms with E-state index in [4.69, 9.17) is 0 Å². The fraction of sp³-hybridized carbons (Fsp3) is 0.933. The molecule has 190 valence electrons. The summed E-state index contributed by atoms with van der Waals surface area (Å²) in [4.78, 5) is 5.37. The van der Waals surface area contributed by atoms with E-state index < -0.39 is 0 Å². The SMILES string of the molecule is CCCCCCCCCCC1N(CCCCCCCC)C=CN1CCCCCCCCC. The van der Waals surface area contributed by atoms with Gasteiger partial charge in [-0.3, -0.25) is 0 Å². The number of unbranched alkanes of at least 4 members (excludes halogenated alkanes) is 18. The summed E-state index contributed by atoms with van der Waals surface area (Å²) in [5, 5.41) is 0. The van der Waals surface area contributed by atoms with E-state index in [1.54, 1.807) is 0 Å². The molecule has 0 saturated carbocycles. The zero-order chi connectivity index (χ0) is 23.1. The van der Waals surface area contributed by atoms with Gasteiger partial charge in [0.25, 0.3) is 0 Å². The van der Waals surface area contributed by atoms with Gasteiger partial charge in [0, 0.05) is 25.5 Å². The Balaban J connectivity index is 2.29. The van der Waals surface area contributed by atoms with Gasteiger partial charge in [-0.15, -0.1) is 0 Å². The highest BCUT2D eigenvalue weighted by molar-refractivity contribution is 4.97. The molecule has 1 aliphatic heterocycles. The summed E-state index contributed by atoms with van der Waals surface area (Å²) in [6.07, 6.45) is 36.5. The van der Waals surface area contributed by atoms with Crippen LogP contribution in [0.5, 0.6) is 0 Å². The lowest BCUT2D eigenvalue weighted by Crippen LogP contribution is -2.39. The molecule has 1 heterocycles. The van der Waals surface area contributed by atoms with Gasteiger partial charge in [-0.2, -0.15) is 0 Å². The summed E-state index contributed by atoms with van der Waals surface area (Å²) in [7, 11) is 0. The summed E-state index contributed by atoms with van der Waals surface area (Å²) in [6, 6.07) is 0. The van der Waals surface area contributed by atoms with Crippen molar-refractivity contribution < 1.29 is 0 Å². The minimum absolute atomic E-state index is 0.644. The molecule has 1 aliphatic rings. The Labute approximate surface area is 203 Å². The first-order chi connectivity index (χ1) is 15.8. The lowest BCUT2D eigenvalue weighted by molar-refractivity contribution is 0.135. The van der Waals surface area contributed by atoms with Gasteiger partial charge < -0.3 is 9.80 Å². The third-order valence-electron chi connectivity index (χ3n) is 7.32. The van der Waals surface area contributed by atoms with Crippen molar-refractivity contribution in [2.75, 3.05) is 13.1 Å². The van der Waals surface area contributed by atoms with E-state index in [9.17, 15) is 0 Å². The first kappa shape index (κ1) is 29.4. The fourth-order valence-electron chi connectivity index (χ4n) is 5.13. The Morgan fingerprint density at radius 2 is 0.719 bits per heavy atom. The van der Waals surface area contributed by atoms with E-state index in [0.717, 1.165) is 0 Å². The van der Waals surface area contributed by atoms with Gasteiger partial charge in [0.05, 0.1) is 0 Å². The number of hydrogen-bond acceptors (Lipinski definition) is 2. The Bertz CT molecular complexity index is 406. The second-order valence-electron chi connectivity index (χ2n) is 10.4. The second kappa shape index (κ2) is 22.1. The topological polar surface area (TPSA) is 6.48 Å². The van der Waals surface area contributed by atoms with Crippen molar-refractivity contribution in [1.29, 1.82) is 0 Å². The molecule has 0 spiro atoms. The van der Waals surface area contributed by atoms with Gasteiger partial charge in [0.2, 0.25) is 0 Å². The van der Waals surface area contributed by atoms with Crippen molar-refractivity contribution in [2.24, 2.45) is 0 Å². The average Bonchev–Trinajstić information content (AvgIpc) is 3.18. The molecular formula is C30H60N2. The Morgan fingerprint density at radius 3 is 1.09 bits per heavy atom. The van der Waals surface area contributed by atoms with Crippen LogP contribution in [0, 0.1) is 0 Å². The van der Waals surface area contributed by atoms with Gasteiger partial charge >= 0.3 is 0 Å². The summed E-state index contributed by atoms with van der Waals surface area (Å²) < 4.78 is 0.